The minimum absolute atomic E-state index is 0.0644. The van der Waals surface area contributed by atoms with E-state index in [0.29, 0.717) is 25.3 Å². The normalized spacial score (nSPS) is 10.5. The van der Waals surface area contributed by atoms with Crippen molar-refractivity contribution in [3.8, 4) is 0 Å². The van der Waals surface area contributed by atoms with E-state index in [0.717, 1.165) is 5.56 Å². The first-order valence-corrected chi connectivity index (χ1v) is 6.19. The molecule has 0 aliphatic heterocycles. The summed E-state index contributed by atoms with van der Waals surface area (Å²) >= 11 is 0. The summed E-state index contributed by atoms with van der Waals surface area (Å²) in [6.07, 6.45) is 0.692. The van der Waals surface area contributed by atoms with E-state index < -0.39 is 10.9 Å². The molecule has 0 saturated heterocycles. The monoisotopic (exact) mass is 291 g/mol. The molecule has 0 aliphatic rings. The lowest BCUT2D eigenvalue weighted by Gasteiger charge is -2.02. The molecule has 0 amide bonds. The van der Waals surface area contributed by atoms with Gasteiger partial charge in [0.1, 0.15) is 0 Å². The minimum Gasteiger partial charge on any atom is -0.476 e. The molecule has 2 rings (SSSR count). The second kappa shape index (κ2) is 6.62. The van der Waals surface area contributed by atoms with Crippen molar-refractivity contribution in [2.24, 2.45) is 0 Å². The highest BCUT2D eigenvalue weighted by molar-refractivity contribution is 5.85. The Labute approximate surface area is 119 Å². The first-order valence-electron chi connectivity index (χ1n) is 6.19. The molecule has 0 radical (unpaired) electrons. The van der Waals surface area contributed by atoms with Crippen molar-refractivity contribution in [3.63, 3.8) is 0 Å². The lowest BCUT2D eigenvalue weighted by molar-refractivity contribution is -0.384. The third-order valence-corrected chi connectivity index (χ3v) is 2.81. The van der Waals surface area contributed by atoms with Crippen LogP contribution >= 0.6 is 0 Å². The van der Waals surface area contributed by atoms with E-state index in [2.05, 4.69) is 10.5 Å². The Morgan fingerprint density at radius 3 is 2.67 bits per heavy atom. The van der Waals surface area contributed by atoms with E-state index in [1.54, 1.807) is 12.1 Å². The van der Waals surface area contributed by atoms with Gasteiger partial charge in [0.2, 0.25) is 0 Å². The number of aromatic nitrogens is 1. The van der Waals surface area contributed by atoms with E-state index >= 15 is 0 Å². The van der Waals surface area contributed by atoms with Crippen LogP contribution in [0.15, 0.2) is 34.9 Å². The number of carbonyl (C=O) groups is 1. The molecule has 0 atom stereocenters. The van der Waals surface area contributed by atoms with Crippen molar-refractivity contribution in [1.82, 2.24) is 10.5 Å². The molecule has 0 fully saturated rings. The van der Waals surface area contributed by atoms with Crippen LogP contribution in [0.25, 0.3) is 0 Å². The first-order chi connectivity index (χ1) is 10.1. The number of nitro groups is 1. The fourth-order valence-electron chi connectivity index (χ4n) is 1.73. The van der Waals surface area contributed by atoms with Gasteiger partial charge in [-0.3, -0.25) is 10.1 Å². The maximum Gasteiger partial charge on any atom is 0.358 e. The molecule has 0 bridgehead atoms. The number of nitro benzene ring substituents is 1. The maximum atomic E-state index is 10.6. The molecule has 0 saturated carbocycles. The van der Waals surface area contributed by atoms with E-state index in [-0.39, 0.29) is 11.4 Å². The van der Waals surface area contributed by atoms with Gasteiger partial charge in [0.15, 0.2) is 11.5 Å². The van der Waals surface area contributed by atoms with Gasteiger partial charge in [-0.05, 0) is 18.5 Å². The summed E-state index contributed by atoms with van der Waals surface area (Å²) in [7, 11) is 0. The van der Waals surface area contributed by atoms with E-state index in [4.69, 9.17) is 9.63 Å². The lowest BCUT2D eigenvalue weighted by Crippen LogP contribution is -2.16. The fourth-order valence-corrected chi connectivity index (χ4v) is 1.73. The molecular formula is C13H13N3O5. The highest BCUT2D eigenvalue weighted by Gasteiger charge is 2.10. The highest BCUT2D eigenvalue weighted by Crippen LogP contribution is 2.12. The molecule has 0 aliphatic carbocycles. The largest absolute Gasteiger partial charge is 0.476 e. The number of nitrogens with zero attached hydrogens (tertiary/aromatic N) is 2. The summed E-state index contributed by atoms with van der Waals surface area (Å²) in [5.74, 6) is -0.688. The Hall–Kier alpha value is -2.74. The minimum atomic E-state index is -1.13. The van der Waals surface area contributed by atoms with Crippen molar-refractivity contribution < 1.29 is 19.3 Å². The van der Waals surface area contributed by atoms with Crippen LogP contribution in [-0.2, 0) is 13.0 Å². The smallest absolute Gasteiger partial charge is 0.358 e. The molecule has 1 aromatic carbocycles. The van der Waals surface area contributed by atoms with Crippen LogP contribution in [-0.4, -0.2) is 27.7 Å². The van der Waals surface area contributed by atoms with E-state index in [9.17, 15) is 14.9 Å². The van der Waals surface area contributed by atoms with Crippen LogP contribution in [0.2, 0.25) is 0 Å². The Bertz CT molecular complexity index is 636. The number of carboxylic acid groups (broad SMARTS) is 1. The van der Waals surface area contributed by atoms with E-state index in [1.165, 1.54) is 18.2 Å². The predicted octanol–water partition coefficient (Wildman–Crippen LogP) is 1.61. The highest BCUT2D eigenvalue weighted by atomic mass is 16.6. The second-order valence-electron chi connectivity index (χ2n) is 4.33. The maximum absolute atomic E-state index is 10.6. The lowest BCUT2D eigenvalue weighted by atomic mass is 10.1. The number of hydrogen-bond donors (Lipinski definition) is 2. The van der Waals surface area contributed by atoms with Crippen molar-refractivity contribution in [2.75, 3.05) is 6.54 Å². The van der Waals surface area contributed by atoms with Crippen LogP contribution < -0.4 is 5.32 Å². The van der Waals surface area contributed by atoms with Gasteiger partial charge in [-0.15, -0.1) is 0 Å². The van der Waals surface area contributed by atoms with Crippen molar-refractivity contribution in [1.29, 1.82) is 0 Å². The van der Waals surface area contributed by atoms with Crippen molar-refractivity contribution in [3.05, 3.63) is 57.5 Å². The Balaban J connectivity index is 1.76. The van der Waals surface area contributed by atoms with Gasteiger partial charge in [0.25, 0.3) is 5.69 Å². The average molecular weight is 291 g/mol. The molecule has 8 heteroatoms. The quantitative estimate of drug-likeness (QED) is 0.452. The van der Waals surface area contributed by atoms with Crippen LogP contribution in [0.1, 0.15) is 21.8 Å². The number of carboxylic acids is 1. The molecule has 21 heavy (non-hydrogen) atoms. The third kappa shape index (κ3) is 4.11. The predicted molar refractivity (Wildman–Crippen MR) is 72.0 cm³/mol. The third-order valence-electron chi connectivity index (χ3n) is 2.81. The Morgan fingerprint density at radius 1 is 1.38 bits per heavy atom. The number of non-ortho nitro benzene ring substituents is 1. The second-order valence-corrected chi connectivity index (χ2v) is 4.33. The zero-order valence-electron chi connectivity index (χ0n) is 11.0. The molecule has 2 aromatic rings. The van der Waals surface area contributed by atoms with Gasteiger partial charge in [0.05, 0.1) is 11.5 Å². The SMILES string of the molecule is O=C(O)c1cc(CNCCc2ccc([N+](=O)[O-])cc2)on1. The zero-order chi connectivity index (χ0) is 15.2. The molecule has 0 unspecified atom stereocenters. The van der Waals surface area contributed by atoms with Gasteiger partial charge in [-0.25, -0.2) is 4.79 Å². The molecule has 1 heterocycles. The molecular weight excluding hydrogens is 278 g/mol. The van der Waals surface area contributed by atoms with Gasteiger partial charge in [-0.2, -0.15) is 0 Å². The van der Waals surface area contributed by atoms with Crippen LogP contribution in [0.4, 0.5) is 5.69 Å². The number of hydrogen-bond acceptors (Lipinski definition) is 6. The average Bonchev–Trinajstić information content (AvgIpc) is 2.93. The van der Waals surface area contributed by atoms with Gasteiger partial charge in [0, 0.05) is 18.2 Å². The summed E-state index contributed by atoms with van der Waals surface area (Å²) < 4.78 is 4.85. The van der Waals surface area contributed by atoms with Gasteiger partial charge in [-0.1, -0.05) is 17.3 Å². The molecule has 8 nitrogen and oxygen atoms in total. The number of benzene rings is 1. The zero-order valence-corrected chi connectivity index (χ0v) is 11.0. The number of nitrogens with one attached hydrogen (secondary N) is 1. The van der Waals surface area contributed by atoms with Crippen molar-refractivity contribution in [2.45, 2.75) is 13.0 Å². The first kappa shape index (κ1) is 14.7. The van der Waals surface area contributed by atoms with E-state index in [1.807, 2.05) is 0 Å². The number of aromatic carboxylic acids is 1. The van der Waals surface area contributed by atoms with Gasteiger partial charge < -0.3 is 14.9 Å². The van der Waals surface area contributed by atoms with Crippen LogP contribution in [0.3, 0.4) is 0 Å². The fraction of sp³-hybridized carbons (Fsp3) is 0.231. The molecule has 110 valence electrons. The Kier molecular flexibility index (Phi) is 4.62. The Morgan fingerprint density at radius 2 is 2.10 bits per heavy atom. The summed E-state index contributed by atoms with van der Waals surface area (Å²) in [6.45, 7) is 0.994. The summed E-state index contributed by atoms with van der Waals surface area (Å²) in [5, 5.41) is 25.7. The van der Waals surface area contributed by atoms with Crippen LogP contribution in [0, 0.1) is 10.1 Å². The molecule has 0 spiro atoms. The van der Waals surface area contributed by atoms with Crippen molar-refractivity contribution >= 4 is 11.7 Å². The van der Waals surface area contributed by atoms with Gasteiger partial charge >= 0.3 is 5.97 Å². The molecule has 1 aromatic heterocycles. The summed E-state index contributed by atoms with van der Waals surface area (Å²) in [4.78, 5) is 20.7. The summed E-state index contributed by atoms with van der Waals surface area (Å²) in [5.41, 5.74) is 0.911. The van der Waals surface area contributed by atoms with Crippen LogP contribution in [0.5, 0.6) is 0 Å². The topological polar surface area (TPSA) is 118 Å². The molecule has 2 N–H and O–H groups in total. The summed E-state index contributed by atoms with van der Waals surface area (Å²) in [6, 6.07) is 7.70. The number of rotatable bonds is 7. The standard InChI is InChI=1S/C13H13N3O5/c17-13(18)12-7-11(21-15-12)8-14-6-5-9-1-3-10(4-2-9)16(19)20/h1-4,7,14H,5-6,8H2,(H,17,18).